The molecule has 1 saturated carbocycles. The third-order valence-electron chi connectivity index (χ3n) is 3.61. The Kier molecular flexibility index (Phi) is 4.56. The lowest BCUT2D eigenvalue weighted by atomic mass is 9.82. The van der Waals surface area contributed by atoms with Gasteiger partial charge in [0.15, 0.2) is 0 Å². The Bertz CT molecular complexity index is 442. The van der Waals surface area contributed by atoms with Crippen LogP contribution in [0.1, 0.15) is 18.4 Å². The van der Waals surface area contributed by atoms with Crippen LogP contribution in [0.25, 0.3) is 0 Å². The van der Waals surface area contributed by atoms with Gasteiger partial charge in [0.25, 0.3) is 0 Å². The Hall–Kier alpha value is -1.39. The van der Waals surface area contributed by atoms with E-state index in [1.165, 1.54) is 0 Å². The van der Waals surface area contributed by atoms with Crippen molar-refractivity contribution in [2.45, 2.75) is 25.9 Å². The molecule has 104 valence electrons. The first-order valence-corrected chi connectivity index (χ1v) is 6.76. The standard InChI is InChI=1S/C15H22N2O2/c1-11-5-3-4-6-14(11)16-15(19)10-17(2)9-12-7-13(18)8-12/h3-6,12-13,18H,7-10H2,1-2H3,(H,16,19). The number of nitrogens with one attached hydrogen (secondary N) is 1. The van der Waals surface area contributed by atoms with Gasteiger partial charge in [0.05, 0.1) is 12.6 Å². The zero-order valence-electron chi connectivity index (χ0n) is 11.6. The van der Waals surface area contributed by atoms with Crippen LogP contribution >= 0.6 is 0 Å². The van der Waals surface area contributed by atoms with E-state index in [9.17, 15) is 9.90 Å². The Morgan fingerprint density at radius 2 is 2.11 bits per heavy atom. The molecule has 0 saturated heterocycles. The number of nitrogens with zero attached hydrogens (tertiary/aromatic N) is 1. The number of likely N-dealkylation sites (N-methyl/N-ethyl adjacent to an activating group) is 1. The first-order valence-electron chi connectivity index (χ1n) is 6.76. The van der Waals surface area contributed by atoms with E-state index in [0.29, 0.717) is 12.5 Å². The SMILES string of the molecule is Cc1ccccc1NC(=O)CN(C)CC1CC(O)C1. The van der Waals surface area contributed by atoms with Crippen LogP contribution in [-0.4, -0.2) is 42.2 Å². The molecule has 1 aliphatic carbocycles. The lowest BCUT2D eigenvalue weighted by Crippen LogP contribution is -2.40. The zero-order chi connectivity index (χ0) is 13.8. The Balaban J connectivity index is 1.76. The topological polar surface area (TPSA) is 52.6 Å². The van der Waals surface area contributed by atoms with Crippen LogP contribution in [0.3, 0.4) is 0 Å². The number of aliphatic hydroxyl groups excluding tert-OH is 1. The number of para-hydroxylation sites is 1. The van der Waals surface area contributed by atoms with Gasteiger partial charge in [-0.15, -0.1) is 0 Å². The summed E-state index contributed by atoms with van der Waals surface area (Å²) in [5.74, 6) is 0.544. The molecule has 1 aromatic rings. The van der Waals surface area contributed by atoms with Crippen molar-refractivity contribution in [2.75, 3.05) is 25.5 Å². The van der Waals surface area contributed by atoms with Gasteiger partial charge in [0, 0.05) is 12.2 Å². The number of amides is 1. The lowest BCUT2D eigenvalue weighted by Gasteiger charge is -2.34. The molecule has 4 heteroatoms. The average Bonchev–Trinajstić information content (AvgIpc) is 2.30. The summed E-state index contributed by atoms with van der Waals surface area (Å²) >= 11 is 0. The number of anilines is 1. The van der Waals surface area contributed by atoms with E-state index in [1.54, 1.807) is 0 Å². The summed E-state index contributed by atoms with van der Waals surface area (Å²) in [4.78, 5) is 13.9. The second-order valence-corrected chi connectivity index (χ2v) is 5.55. The quantitative estimate of drug-likeness (QED) is 0.848. The molecule has 0 bridgehead atoms. The molecule has 0 atom stereocenters. The van der Waals surface area contributed by atoms with Crippen LogP contribution in [-0.2, 0) is 4.79 Å². The van der Waals surface area contributed by atoms with Crippen LogP contribution < -0.4 is 5.32 Å². The van der Waals surface area contributed by atoms with Crippen LogP contribution in [0.4, 0.5) is 5.69 Å². The van der Waals surface area contributed by atoms with Crippen molar-refractivity contribution in [1.82, 2.24) is 4.90 Å². The molecule has 0 heterocycles. The van der Waals surface area contributed by atoms with Crippen molar-refractivity contribution < 1.29 is 9.90 Å². The molecule has 1 aromatic carbocycles. The minimum Gasteiger partial charge on any atom is -0.393 e. The largest absolute Gasteiger partial charge is 0.393 e. The average molecular weight is 262 g/mol. The molecule has 4 nitrogen and oxygen atoms in total. The van der Waals surface area contributed by atoms with Crippen LogP contribution in [0.2, 0.25) is 0 Å². The number of benzene rings is 1. The van der Waals surface area contributed by atoms with E-state index >= 15 is 0 Å². The van der Waals surface area contributed by atoms with Gasteiger partial charge < -0.3 is 10.4 Å². The number of hydrogen-bond acceptors (Lipinski definition) is 3. The highest BCUT2D eigenvalue weighted by atomic mass is 16.3. The minimum atomic E-state index is -0.126. The fourth-order valence-electron chi connectivity index (χ4n) is 2.50. The van der Waals surface area contributed by atoms with Gasteiger partial charge >= 0.3 is 0 Å². The molecule has 0 unspecified atom stereocenters. The molecular weight excluding hydrogens is 240 g/mol. The smallest absolute Gasteiger partial charge is 0.238 e. The zero-order valence-corrected chi connectivity index (χ0v) is 11.6. The van der Waals surface area contributed by atoms with Gasteiger partial charge in [-0.05, 0) is 44.4 Å². The maximum Gasteiger partial charge on any atom is 0.238 e. The van der Waals surface area contributed by atoms with Gasteiger partial charge in [0.1, 0.15) is 0 Å². The molecule has 0 aromatic heterocycles. The molecule has 0 aliphatic heterocycles. The predicted molar refractivity (Wildman–Crippen MR) is 76.0 cm³/mol. The third kappa shape index (κ3) is 4.04. The highest BCUT2D eigenvalue weighted by molar-refractivity contribution is 5.92. The van der Waals surface area contributed by atoms with Gasteiger partial charge in [-0.25, -0.2) is 0 Å². The van der Waals surface area contributed by atoms with E-state index in [0.717, 1.165) is 30.6 Å². The maximum atomic E-state index is 11.9. The summed E-state index contributed by atoms with van der Waals surface area (Å²) < 4.78 is 0. The molecule has 2 rings (SSSR count). The summed E-state index contributed by atoms with van der Waals surface area (Å²) in [6, 6.07) is 7.77. The van der Waals surface area contributed by atoms with E-state index in [1.807, 2.05) is 43.1 Å². The Morgan fingerprint density at radius 3 is 2.74 bits per heavy atom. The van der Waals surface area contributed by atoms with Gasteiger partial charge in [-0.2, -0.15) is 0 Å². The van der Waals surface area contributed by atoms with Crippen molar-refractivity contribution in [3.8, 4) is 0 Å². The van der Waals surface area contributed by atoms with Crippen molar-refractivity contribution in [2.24, 2.45) is 5.92 Å². The van der Waals surface area contributed by atoms with Gasteiger partial charge in [0.2, 0.25) is 5.91 Å². The van der Waals surface area contributed by atoms with E-state index in [4.69, 9.17) is 0 Å². The molecular formula is C15H22N2O2. The lowest BCUT2D eigenvalue weighted by molar-refractivity contribution is -0.117. The van der Waals surface area contributed by atoms with Crippen molar-refractivity contribution in [1.29, 1.82) is 0 Å². The van der Waals surface area contributed by atoms with Crippen molar-refractivity contribution in [3.63, 3.8) is 0 Å². The molecule has 1 fully saturated rings. The summed E-state index contributed by atoms with van der Waals surface area (Å²) in [5.41, 5.74) is 1.94. The summed E-state index contributed by atoms with van der Waals surface area (Å²) in [7, 11) is 1.95. The summed E-state index contributed by atoms with van der Waals surface area (Å²) in [6.07, 6.45) is 1.60. The first kappa shape index (κ1) is 14.0. The third-order valence-corrected chi connectivity index (χ3v) is 3.61. The molecule has 0 spiro atoms. The van der Waals surface area contributed by atoms with Crippen LogP contribution in [0.5, 0.6) is 0 Å². The number of carbonyl (C=O) groups is 1. The van der Waals surface area contributed by atoms with Gasteiger partial charge in [-0.3, -0.25) is 9.69 Å². The monoisotopic (exact) mass is 262 g/mol. The fourth-order valence-corrected chi connectivity index (χ4v) is 2.50. The number of aliphatic hydroxyl groups is 1. The Morgan fingerprint density at radius 1 is 1.42 bits per heavy atom. The summed E-state index contributed by atoms with van der Waals surface area (Å²) in [6.45, 7) is 3.24. The highest BCUT2D eigenvalue weighted by Crippen LogP contribution is 2.27. The number of hydrogen-bond donors (Lipinski definition) is 2. The normalized spacial score (nSPS) is 22.1. The van der Waals surface area contributed by atoms with Crippen LogP contribution in [0.15, 0.2) is 24.3 Å². The Labute approximate surface area is 114 Å². The predicted octanol–water partition coefficient (Wildman–Crippen LogP) is 1.64. The minimum absolute atomic E-state index is 0.0108. The van der Waals surface area contributed by atoms with E-state index < -0.39 is 0 Å². The number of rotatable bonds is 5. The maximum absolute atomic E-state index is 11.9. The highest BCUT2D eigenvalue weighted by Gasteiger charge is 2.28. The molecule has 19 heavy (non-hydrogen) atoms. The second kappa shape index (κ2) is 6.17. The molecule has 1 amide bonds. The second-order valence-electron chi connectivity index (χ2n) is 5.55. The molecule has 0 radical (unpaired) electrons. The van der Waals surface area contributed by atoms with Crippen molar-refractivity contribution in [3.05, 3.63) is 29.8 Å². The van der Waals surface area contributed by atoms with E-state index in [2.05, 4.69) is 5.32 Å². The number of aryl methyl sites for hydroxylation is 1. The summed E-state index contributed by atoms with van der Waals surface area (Å²) in [5, 5.41) is 12.2. The van der Waals surface area contributed by atoms with E-state index in [-0.39, 0.29) is 12.0 Å². The molecule has 1 aliphatic rings. The molecule has 2 N–H and O–H groups in total. The fraction of sp³-hybridized carbons (Fsp3) is 0.533. The van der Waals surface area contributed by atoms with Gasteiger partial charge in [-0.1, -0.05) is 18.2 Å². The van der Waals surface area contributed by atoms with Crippen molar-refractivity contribution >= 4 is 11.6 Å². The van der Waals surface area contributed by atoms with Crippen LogP contribution in [0, 0.1) is 12.8 Å². The number of carbonyl (C=O) groups excluding carboxylic acids is 1. The first-order chi connectivity index (χ1) is 9.04.